The summed E-state index contributed by atoms with van der Waals surface area (Å²) < 4.78 is 53.8. The molecule has 6 atom stereocenters. The molecular formula is C35H45FN4O7S. The Morgan fingerprint density at radius 2 is 1.94 bits per heavy atom. The fraction of sp³-hybridized carbons (Fsp3) is 0.600. The van der Waals surface area contributed by atoms with Gasteiger partial charge in [-0.15, -0.1) is 0 Å². The van der Waals surface area contributed by atoms with E-state index in [0.717, 1.165) is 19.3 Å². The largest absolute Gasteiger partial charge is 0.494 e. The standard InChI is InChI=1S/C35H45FN4O7S/c1-5-34(12-13-34)48(44,45)39-33(43)35-18-23(35)9-7-6-8-21(2)14-22(3)15-30(41)40-20-25(17-28(40)31(42)38-35)47-32-27-16-24(36)10-11-26(27)29(46-4)19-37-32/h7,9-11,16,19,21-23,25,28H,5-6,8,12-15,17-18,20H2,1-4H3,(H,38,42)(H,39,43)/b9-7-/t21-,22-,23-,25-,28+,35-/m1/s1. The summed E-state index contributed by atoms with van der Waals surface area (Å²) in [7, 11) is -2.46. The van der Waals surface area contributed by atoms with Gasteiger partial charge in [-0.05, 0) is 75.0 Å². The lowest BCUT2D eigenvalue weighted by molar-refractivity contribution is -0.140. The van der Waals surface area contributed by atoms with Crippen LogP contribution in [0.3, 0.4) is 0 Å². The molecule has 0 spiro atoms. The SMILES string of the molecule is CCC1(S(=O)(=O)NC(=O)[C@@]23C[C@H]2/C=C\CC[C@@H](C)C[C@@H](C)CC(=O)N2C[C@H](Oc4ncc(OC)c5ccc(F)cc45)C[C@H]2C(=O)N3)CC1. The summed E-state index contributed by atoms with van der Waals surface area (Å²) in [6.07, 6.45) is 9.16. The number of sulfonamides is 1. The number of methoxy groups -OCH3 is 1. The van der Waals surface area contributed by atoms with Gasteiger partial charge in [0.1, 0.15) is 29.3 Å². The average molecular weight is 685 g/mol. The van der Waals surface area contributed by atoms with Crippen LogP contribution in [-0.2, 0) is 24.4 Å². The highest BCUT2D eigenvalue weighted by Gasteiger charge is 2.63. The van der Waals surface area contributed by atoms with Crippen molar-refractivity contribution in [1.29, 1.82) is 0 Å². The normalized spacial score (nSPS) is 31.0. The first-order chi connectivity index (χ1) is 22.8. The van der Waals surface area contributed by atoms with E-state index >= 15 is 0 Å². The zero-order valence-electron chi connectivity index (χ0n) is 28.0. The van der Waals surface area contributed by atoms with Crippen molar-refractivity contribution in [1.82, 2.24) is 19.9 Å². The van der Waals surface area contributed by atoms with Gasteiger partial charge in [0, 0.05) is 24.1 Å². The number of halogens is 1. The number of rotatable bonds is 7. The van der Waals surface area contributed by atoms with Crippen molar-refractivity contribution in [3.05, 3.63) is 42.4 Å². The van der Waals surface area contributed by atoms with Gasteiger partial charge in [-0.25, -0.2) is 17.8 Å². The number of carbonyl (C=O) groups excluding carboxylic acids is 3. The van der Waals surface area contributed by atoms with E-state index in [9.17, 15) is 27.2 Å². The Bertz CT molecular complexity index is 1750. The molecule has 2 aliphatic heterocycles. The van der Waals surface area contributed by atoms with E-state index in [2.05, 4.69) is 21.9 Å². The quantitative estimate of drug-likeness (QED) is 0.409. The van der Waals surface area contributed by atoms with Crippen molar-refractivity contribution in [3.63, 3.8) is 0 Å². The molecule has 13 heteroatoms. The van der Waals surface area contributed by atoms with Gasteiger partial charge in [0.2, 0.25) is 27.7 Å². The number of hydrogen-bond donors (Lipinski definition) is 2. The smallest absolute Gasteiger partial charge is 0.259 e. The molecule has 1 saturated heterocycles. The van der Waals surface area contributed by atoms with E-state index in [4.69, 9.17) is 9.47 Å². The van der Waals surface area contributed by atoms with Crippen molar-refractivity contribution >= 4 is 38.5 Å². The molecule has 0 unspecified atom stereocenters. The highest BCUT2D eigenvalue weighted by atomic mass is 32.2. The van der Waals surface area contributed by atoms with Crippen LogP contribution in [0.25, 0.3) is 10.8 Å². The van der Waals surface area contributed by atoms with Gasteiger partial charge in [0.25, 0.3) is 5.91 Å². The number of hydrogen-bond acceptors (Lipinski definition) is 8. The van der Waals surface area contributed by atoms with E-state index in [1.807, 2.05) is 19.1 Å². The maximum atomic E-state index is 14.3. The first-order valence-electron chi connectivity index (χ1n) is 16.9. The summed E-state index contributed by atoms with van der Waals surface area (Å²) in [6.45, 7) is 6.05. The van der Waals surface area contributed by atoms with E-state index in [1.54, 1.807) is 13.0 Å². The van der Waals surface area contributed by atoms with Crippen LogP contribution in [0.2, 0.25) is 0 Å². The lowest BCUT2D eigenvalue weighted by Crippen LogP contribution is -2.57. The van der Waals surface area contributed by atoms with Crippen LogP contribution in [0.4, 0.5) is 4.39 Å². The number of benzene rings is 1. The number of fused-ring (bicyclic) bond motifs is 3. The molecule has 48 heavy (non-hydrogen) atoms. The maximum absolute atomic E-state index is 14.3. The predicted octanol–water partition coefficient (Wildman–Crippen LogP) is 4.40. The second kappa shape index (κ2) is 12.9. The maximum Gasteiger partial charge on any atom is 0.259 e. The first-order valence-corrected chi connectivity index (χ1v) is 18.4. The van der Waals surface area contributed by atoms with Crippen molar-refractivity contribution in [2.75, 3.05) is 13.7 Å². The van der Waals surface area contributed by atoms with Crippen LogP contribution in [0.1, 0.15) is 78.6 Å². The summed E-state index contributed by atoms with van der Waals surface area (Å²) in [6, 6.07) is 3.22. The fourth-order valence-electron chi connectivity index (χ4n) is 7.49. The van der Waals surface area contributed by atoms with Crippen LogP contribution in [0, 0.1) is 23.6 Å². The third-order valence-corrected chi connectivity index (χ3v) is 13.0. The number of pyridine rings is 1. The summed E-state index contributed by atoms with van der Waals surface area (Å²) in [5.74, 6) is -1.38. The molecule has 3 amide bonds. The number of aromatic nitrogens is 1. The number of carbonyl (C=O) groups is 3. The summed E-state index contributed by atoms with van der Waals surface area (Å²) in [5, 5.41) is 3.89. The Kier molecular flexibility index (Phi) is 9.20. The fourth-order valence-corrected chi connectivity index (χ4v) is 9.15. The van der Waals surface area contributed by atoms with Crippen molar-refractivity contribution in [2.45, 2.75) is 101 Å². The zero-order valence-corrected chi connectivity index (χ0v) is 28.8. The summed E-state index contributed by atoms with van der Waals surface area (Å²) >= 11 is 0. The molecule has 6 rings (SSSR count). The molecule has 2 N–H and O–H groups in total. The highest BCUT2D eigenvalue weighted by molar-refractivity contribution is 7.91. The number of allylic oxidation sites excluding steroid dienone is 1. The Hall–Kier alpha value is -3.74. The summed E-state index contributed by atoms with van der Waals surface area (Å²) in [4.78, 5) is 47.6. The Morgan fingerprint density at radius 3 is 2.65 bits per heavy atom. The molecule has 2 saturated carbocycles. The van der Waals surface area contributed by atoms with E-state index in [1.165, 1.54) is 30.3 Å². The minimum absolute atomic E-state index is 0.0736. The molecule has 3 fully saturated rings. The van der Waals surface area contributed by atoms with Crippen LogP contribution < -0.4 is 19.5 Å². The van der Waals surface area contributed by atoms with Gasteiger partial charge < -0.3 is 19.7 Å². The lowest BCUT2D eigenvalue weighted by atomic mass is 9.91. The predicted molar refractivity (Wildman–Crippen MR) is 177 cm³/mol. The van der Waals surface area contributed by atoms with Crippen LogP contribution in [-0.4, -0.2) is 72.1 Å². The van der Waals surface area contributed by atoms with Gasteiger partial charge in [-0.2, -0.15) is 0 Å². The van der Waals surface area contributed by atoms with Gasteiger partial charge in [-0.1, -0.05) is 32.9 Å². The highest BCUT2D eigenvalue weighted by Crippen LogP contribution is 2.49. The van der Waals surface area contributed by atoms with Gasteiger partial charge >= 0.3 is 0 Å². The Balaban J connectivity index is 1.29. The molecule has 3 heterocycles. The third-order valence-electron chi connectivity index (χ3n) is 10.7. The molecule has 2 aromatic rings. The van der Waals surface area contributed by atoms with Gasteiger partial charge in [0.05, 0.1) is 30.0 Å². The number of nitrogens with one attached hydrogen (secondary N) is 2. The second-order valence-corrected chi connectivity index (χ2v) is 16.3. The molecule has 0 bridgehead atoms. The van der Waals surface area contributed by atoms with E-state index in [0.29, 0.717) is 41.7 Å². The number of nitrogens with zero attached hydrogens (tertiary/aromatic N) is 2. The monoisotopic (exact) mass is 684 g/mol. The minimum atomic E-state index is -3.95. The molecule has 0 radical (unpaired) electrons. The Morgan fingerprint density at radius 1 is 1.17 bits per heavy atom. The number of ether oxygens (including phenoxy) is 2. The molecule has 2 aliphatic carbocycles. The van der Waals surface area contributed by atoms with E-state index in [-0.39, 0.29) is 43.5 Å². The average Bonchev–Trinajstić information content (AvgIpc) is 3.94. The van der Waals surface area contributed by atoms with Crippen LogP contribution >= 0.6 is 0 Å². The zero-order chi connectivity index (χ0) is 34.4. The van der Waals surface area contributed by atoms with E-state index < -0.39 is 56.0 Å². The van der Waals surface area contributed by atoms with Gasteiger partial charge in [0.15, 0.2) is 0 Å². The van der Waals surface area contributed by atoms with Crippen molar-refractivity contribution < 1.29 is 36.7 Å². The van der Waals surface area contributed by atoms with Crippen LogP contribution in [0.15, 0.2) is 36.5 Å². The first kappa shape index (κ1) is 34.1. The lowest BCUT2D eigenvalue weighted by Gasteiger charge is -2.28. The molecule has 11 nitrogen and oxygen atoms in total. The molecular weight excluding hydrogens is 639 g/mol. The molecule has 260 valence electrons. The molecule has 1 aromatic carbocycles. The Labute approximate surface area is 281 Å². The molecule has 4 aliphatic rings. The van der Waals surface area contributed by atoms with Crippen molar-refractivity contribution in [3.8, 4) is 11.6 Å². The van der Waals surface area contributed by atoms with Gasteiger partial charge in [-0.3, -0.25) is 19.1 Å². The van der Waals surface area contributed by atoms with Crippen LogP contribution in [0.5, 0.6) is 11.6 Å². The topological polar surface area (TPSA) is 144 Å². The molecule has 1 aromatic heterocycles. The van der Waals surface area contributed by atoms with Crippen molar-refractivity contribution in [2.24, 2.45) is 17.8 Å². The second-order valence-electron chi connectivity index (χ2n) is 14.3. The number of amides is 3. The third kappa shape index (κ3) is 6.49. The summed E-state index contributed by atoms with van der Waals surface area (Å²) in [5.41, 5.74) is -1.46. The minimum Gasteiger partial charge on any atom is -0.494 e.